The van der Waals surface area contributed by atoms with Crippen LogP contribution in [0.4, 0.5) is 0 Å². The van der Waals surface area contributed by atoms with Crippen LogP contribution in [0.5, 0.6) is 0 Å². The number of rotatable bonds is 2. The van der Waals surface area contributed by atoms with Crippen LogP contribution in [-0.2, 0) is 0 Å². The first-order valence-corrected chi connectivity index (χ1v) is 8.14. The Bertz CT molecular complexity index is 847. The molecule has 23 heavy (non-hydrogen) atoms. The van der Waals surface area contributed by atoms with Crippen molar-refractivity contribution in [1.82, 2.24) is 9.88 Å². The normalized spacial score (nSPS) is 17.8. The van der Waals surface area contributed by atoms with Crippen molar-refractivity contribution < 1.29 is 4.79 Å². The summed E-state index contributed by atoms with van der Waals surface area (Å²) in [5.41, 5.74) is 4.47. The first kappa shape index (κ1) is 14.1. The number of likely N-dealkylation sites (tertiary alicyclic amines) is 1. The van der Waals surface area contributed by atoms with Gasteiger partial charge in [-0.1, -0.05) is 35.9 Å². The Labute approximate surface area is 135 Å². The van der Waals surface area contributed by atoms with Gasteiger partial charge in [-0.2, -0.15) is 0 Å². The molecule has 1 fully saturated rings. The highest BCUT2D eigenvalue weighted by atomic mass is 16.2. The van der Waals surface area contributed by atoms with Crippen LogP contribution in [0.25, 0.3) is 10.9 Å². The molecule has 3 heteroatoms. The molecule has 2 aromatic carbocycles. The second-order valence-electron chi connectivity index (χ2n) is 6.39. The summed E-state index contributed by atoms with van der Waals surface area (Å²) in [7, 11) is 0. The van der Waals surface area contributed by atoms with E-state index in [9.17, 15) is 4.79 Å². The van der Waals surface area contributed by atoms with E-state index in [2.05, 4.69) is 29.4 Å². The highest BCUT2D eigenvalue weighted by Gasteiger charge is 2.29. The Balaban J connectivity index is 1.55. The lowest BCUT2D eigenvalue weighted by Crippen LogP contribution is -2.28. The van der Waals surface area contributed by atoms with Crippen LogP contribution in [0.15, 0.2) is 54.7 Å². The van der Waals surface area contributed by atoms with Gasteiger partial charge in [0.15, 0.2) is 0 Å². The number of carbonyl (C=O) groups excluding carboxylic acids is 1. The van der Waals surface area contributed by atoms with Crippen molar-refractivity contribution >= 4 is 16.8 Å². The number of H-pyrrole nitrogens is 1. The number of aryl methyl sites for hydroxylation is 1. The van der Waals surface area contributed by atoms with Crippen LogP contribution >= 0.6 is 0 Å². The summed E-state index contributed by atoms with van der Waals surface area (Å²) in [6.45, 7) is 3.67. The monoisotopic (exact) mass is 304 g/mol. The van der Waals surface area contributed by atoms with E-state index < -0.39 is 0 Å². The molecule has 1 amide bonds. The third-order valence-corrected chi connectivity index (χ3v) is 4.84. The fourth-order valence-electron chi connectivity index (χ4n) is 3.51. The van der Waals surface area contributed by atoms with E-state index in [-0.39, 0.29) is 5.91 Å². The standard InChI is InChI=1S/C20H20N2O/c1-14-6-8-15(9-7-14)20(23)22-11-10-16(13-22)18-12-21-19-5-3-2-4-17(18)19/h2-9,12,16,21H,10-11,13H2,1H3. The van der Waals surface area contributed by atoms with Crippen LogP contribution in [0, 0.1) is 6.92 Å². The van der Waals surface area contributed by atoms with Crippen molar-refractivity contribution in [2.24, 2.45) is 0 Å². The predicted molar refractivity (Wildman–Crippen MR) is 92.7 cm³/mol. The number of amides is 1. The Morgan fingerprint density at radius 3 is 2.74 bits per heavy atom. The molecular formula is C20H20N2O. The Morgan fingerprint density at radius 1 is 1.13 bits per heavy atom. The fourth-order valence-corrected chi connectivity index (χ4v) is 3.51. The highest BCUT2D eigenvalue weighted by molar-refractivity contribution is 5.94. The summed E-state index contributed by atoms with van der Waals surface area (Å²) in [6, 6.07) is 16.2. The number of para-hydroxylation sites is 1. The van der Waals surface area contributed by atoms with Crippen LogP contribution in [-0.4, -0.2) is 28.9 Å². The van der Waals surface area contributed by atoms with Gasteiger partial charge in [-0.15, -0.1) is 0 Å². The average Bonchev–Trinajstić information content (AvgIpc) is 3.21. The minimum atomic E-state index is 0.146. The molecule has 0 radical (unpaired) electrons. The van der Waals surface area contributed by atoms with Gasteiger partial charge in [0, 0.05) is 41.7 Å². The van der Waals surface area contributed by atoms with Gasteiger partial charge in [0.2, 0.25) is 0 Å². The van der Waals surface area contributed by atoms with E-state index in [0.717, 1.165) is 25.1 Å². The average molecular weight is 304 g/mol. The summed E-state index contributed by atoms with van der Waals surface area (Å²) < 4.78 is 0. The molecule has 1 N–H and O–H groups in total. The maximum atomic E-state index is 12.7. The van der Waals surface area contributed by atoms with Crippen LogP contribution in [0.3, 0.4) is 0 Å². The smallest absolute Gasteiger partial charge is 0.253 e. The minimum absolute atomic E-state index is 0.146. The Kier molecular flexibility index (Phi) is 3.41. The van der Waals surface area contributed by atoms with Gasteiger partial charge < -0.3 is 9.88 Å². The summed E-state index contributed by atoms with van der Waals surface area (Å²) in [5.74, 6) is 0.563. The molecule has 1 aliphatic rings. The molecule has 0 aliphatic carbocycles. The summed E-state index contributed by atoms with van der Waals surface area (Å²) in [5, 5.41) is 1.28. The number of nitrogens with one attached hydrogen (secondary N) is 1. The quantitative estimate of drug-likeness (QED) is 0.760. The molecule has 2 heterocycles. The van der Waals surface area contributed by atoms with Crippen molar-refractivity contribution in [2.75, 3.05) is 13.1 Å². The molecule has 0 saturated carbocycles. The third kappa shape index (κ3) is 2.52. The van der Waals surface area contributed by atoms with Crippen molar-refractivity contribution in [3.63, 3.8) is 0 Å². The Hall–Kier alpha value is -2.55. The molecule has 116 valence electrons. The van der Waals surface area contributed by atoms with E-state index in [1.165, 1.54) is 22.0 Å². The maximum absolute atomic E-state index is 12.7. The molecule has 0 spiro atoms. The molecule has 4 rings (SSSR count). The molecule has 1 unspecified atom stereocenters. The molecule has 1 saturated heterocycles. The fraction of sp³-hybridized carbons (Fsp3) is 0.250. The van der Waals surface area contributed by atoms with Crippen molar-refractivity contribution in [1.29, 1.82) is 0 Å². The van der Waals surface area contributed by atoms with Crippen molar-refractivity contribution in [2.45, 2.75) is 19.3 Å². The lowest BCUT2D eigenvalue weighted by atomic mass is 9.98. The molecule has 3 aromatic rings. The number of hydrogen-bond acceptors (Lipinski definition) is 1. The first-order valence-electron chi connectivity index (χ1n) is 8.14. The largest absolute Gasteiger partial charge is 0.361 e. The molecular weight excluding hydrogens is 284 g/mol. The molecule has 3 nitrogen and oxygen atoms in total. The van der Waals surface area contributed by atoms with Gasteiger partial charge in [-0.05, 0) is 37.1 Å². The van der Waals surface area contributed by atoms with E-state index in [1.807, 2.05) is 42.2 Å². The zero-order valence-electron chi connectivity index (χ0n) is 13.3. The lowest BCUT2D eigenvalue weighted by molar-refractivity contribution is 0.0791. The summed E-state index contributed by atoms with van der Waals surface area (Å²) in [6.07, 6.45) is 3.13. The van der Waals surface area contributed by atoms with E-state index in [4.69, 9.17) is 0 Å². The summed E-state index contributed by atoms with van der Waals surface area (Å²) >= 11 is 0. The number of hydrogen-bond donors (Lipinski definition) is 1. The predicted octanol–water partition coefficient (Wildman–Crippen LogP) is 4.11. The maximum Gasteiger partial charge on any atom is 0.253 e. The van der Waals surface area contributed by atoms with E-state index >= 15 is 0 Å². The number of benzene rings is 2. The zero-order valence-corrected chi connectivity index (χ0v) is 13.3. The summed E-state index contributed by atoms with van der Waals surface area (Å²) in [4.78, 5) is 18.0. The molecule has 1 aliphatic heterocycles. The van der Waals surface area contributed by atoms with Crippen molar-refractivity contribution in [3.8, 4) is 0 Å². The molecule has 1 aromatic heterocycles. The number of fused-ring (bicyclic) bond motifs is 1. The Morgan fingerprint density at radius 2 is 1.91 bits per heavy atom. The number of carbonyl (C=O) groups is 1. The third-order valence-electron chi connectivity index (χ3n) is 4.84. The lowest BCUT2D eigenvalue weighted by Gasteiger charge is -2.16. The SMILES string of the molecule is Cc1ccc(C(=O)N2CCC(c3c[nH]c4ccccc34)C2)cc1. The van der Waals surface area contributed by atoms with Gasteiger partial charge in [0.1, 0.15) is 0 Å². The van der Waals surface area contributed by atoms with Gasteiger partial charge in [0.05, 0.1) is 0 Å². The van der Waals surface area contributed by atoms with E-state index in [0.29, 0.717) is 5.92 Å². The minimum Gasteiger partial charge on any atom is -0.361 e. The van der Waals surface area contributed by atoms with Gasteiger partial charge >= 0.3 is 0 Å². The zero-order chi connectivity index (χ0) is 15.8. The van der Waals surface area contributed by atoms with Crippen LogP contribution < -0.4 is 0 Å². The highest BCUT2D eigenvalue weighted by Crippen LogP contribution is 2.32. The van der Waals surface area contributed by atoms with Crippen LogP contribution in [0.2, 0.25) is 0 Å². The number of nitrogens with zero attached hydrogens (tertiary/aromatic N) is 1. The van der Waals surface area contributed by atoms with Gasteiger partial charge in [-0.3, -0.25) is 4.79 Å². The number of aromatic amines is 1. The van der Waals surface area contributed by atoms with Crippen LogP contribution in [0.1, 0.15) is 33.8 Å². The van der Waals surface area contributed by atoms with Gasteiger partial charge in [-0.25, -0.2) is 0 Å². The van der Waals surface area contributed by atoms with E-state index in [1.54, 1.807) is 0 Å². The topological polar surface area (TPSA) is 36.1 Å². The van der Waals surface area contributed by atoms with Crippen molar-refractivity contribution in [3.05, 3.63) is 71.4 Å². The second kappa shape index (κ2) is 5.58. The number of aromatic nitrogens is 1. The molecule has 1 atom stereocenters. The molecule has 0 bridgehead atoms. The first-order chi connectivity index (χ1) is 11.2. The van der Waals surface area contributed by atoms with Gasteiger partial charge in [0.25, 0.3) is 5.91 Å². The second-order valence-corrected chi connectivity index (χ2v) is 6.39.